The van der Waals surface area contributed by atoms with Gasteiger partial charge in [0.1, 0.15) is 5.76 Å². The average Bonchev–Trinajstić information content (AvgIpc) is 2.69. The van der Waals surface area contributed by atoms with Gasteiger partial charge in [-0.05, 0) is 19.4 Å². The lowest BCUT2D eigenvalue weighted by Gasteiger charge is -1.97. The highest BCUT2D eigenvalue weighted by Crippen LogP contribution is 2.22. The van der Waals surface area contributed by atoms with Crippen LogP contribution < -0.4 is 0 Å². The van der Waals surface area contributed by atoms with Crippen molar-refractivity contribution in [3.8, 4) is 11.1 Å². The second kappa shape index (κ2) is 5.35. The van der Waals surface area contributed by atoms with Crippen LogP contribution in [-0.4, -0.2) is 5.16 Å². The van der Waals surface area contributed by atoms with Crippen molar-refractivity contribution in [1.29, 1.82) is 0 Å². The van der Waals surface area contributed by atoms with E-state index in [1.807, 2.05) is 20.8 Å². The summed E-state index contributed by atoms with van der Waals surface area (Å²) in [5.41, 5.74) is 3.49. The van der Waals surface area contributed by atoms with Crippen molar-refractivity contribution in [1.82, 2.24) is 5.16 Å². The quantitative estimate of drug-likeness (QED) is 0.700. The maximum Gasteiger partial charge on any atom is 0.141 e. The molecule has 1 aromatic heterocycles. The van der Waals surface area contributed by atoms with Crippen LogP contribution in [0.1, 0.15) is 25.2 Å². The molecule has 2 aromatic rings. The summed E-state index contributed by atoms with van der Waals surface area (Å²) in [7, 11) is 0. The van der Waals surface area contributed by atoms with Crippen molar-refractivity contribution in [2.75, 3.05) is 0 Å². The Hall–Kier alpha value is -1.57. The van der Waals surface area contributed by atoms with E-state index in [1.165, 1.54) is 5.56 Å². The molecule has 1 heterocycles. The van der Waals surface area contributed by atoms with Gasteiger partial charge in [-0.15, -0.1) is 0 Å². The summed E-state index contributed by atoms with van der Waals surface area (Å²) in [6.07, 6.45) is 1.75. The molecule has 0 saturated heterocycles. The van der Waals surface area contributed by atoms with Crippen molar-refractivity contribution >= 4 is 0 Å². The van der Waals surface area contributed by atoms with Crippen molar-refractivity contribution < 1.29 is 4.52 Å². The summed E-state index contributed by atoms with van der Waals surface area (Å²) < 4.78 is 5.00. The van der Waals surface area contributed by atoms with E-state index in [4.69, 9.17) is 4.52 Å². The Morgan fingerprint density at radius 2 is 1.60 bits per heavy atom. The lowest BCUT2D eigenvalue weighted by atomic mass is 10.1. The highest BCUT2D eigenvalue weighted by molar-refractivity contribution is 5.64. The molecule has 80 valence electrons. The Morgan fingerprint density at radius 3 is 2.07 bits per heavy atom. The van der Waals surface area contributed by atoms with Gasteiger partial charge < -0.3 is 4.52 Å². The number of hydrogen-bond acceptors (Lipinski definition) is 2. The van der Waals surface area contributed by atoms with E-state index in [9.17, 15) is 0 Å². The number of aryl methyl sites for hydroxylation is 2. The third kappa shape index (κ3) is 2.69. The van der Waals surface area contributed by atoms with Crippen molar-refractivity contribution in [3.63, 3.8) is 0 Å². The minimum atomic E-state index is 0.865. The van der Waals surface area contributed by atoms with E-state index >= 15 is 0 Å². The van der Waals surface area contributed by atoms with Gasteiger partial charge in [0.05, 0.1) is 6.20 Å². The van der Waals surface area contributed by atoms with Crippen LogP contribution in [0.15, 0.2) is 35.0 Å². The molecule has 0 bridgehead atoms. The van der Waals surface area contributed by atoms with E-state index in [0.29, 0.717) is 0 Å². The van der Waals surface area contributed by atoms with E-state index in [0.717, 1.165) is 16.9 Å². The zero-order valence-electron chi connectivity index (χ0n) is 9.74. The van der Waals surface area contributed by atoms with Gasteiger partial charge in [0.15, 0.2) is 0 Å². The van der Waals surface area contributed by atoms with Gasteiger partial charge >= 0.3 is 0 Å². The number of aromatic nitrogens is 1. The van der Waals surface area contributed by atoms with E-state index in [1.54, 1.807) is 6.20 Å². The van der Waals surface area contributed by atoms with Crippen LogP contribution >= 0.6 is 0 Å². The fourth-order valence-electron chi connectivity index (χ4n) is 1.31. The van der Waals surface area contributed by atoms with E-state index in [-0.39, 0.29) is 0 Å². The second-order valence-corrected chi connectivity index (χ2v) is 3.16. The first-order valence-corrected chi connectivity index (χ1v) is 5.25. The molecule has 2 nitrogen and oxygen atoms in total. The summed E-state index contributed by atoms with van der Waals surface area (Å²) in [4.78, 5) is 0. The molecule has 0 N–H and O–H groups in total. The number of nitrogens with zero attached hydrogens (tertiary/aromatic N) is 1. The molecule has 0 aliphatic rings. The van der Waals surface area contributed by atoms with Gasteiger partial charge in [-0.3, -0.25) is 0 Å². The average molecular weight is 203 g/mol. The topological polar surface area (TPSA) is 26.0 Å². The first-order valence-electron chi connectivity index (χ1n) is 5.25. The minimum absolute atomic E-state index is 0.865. The molecule has 2 rings (SSSR count). The van der Waals surface area contributed by atoms with E-state index in [2.05, 4.69) is 36.3 Å². The molecule has 0 atom stereocenters. The highest BCUT2D eigenvalue weighted by Gasteiger charge is 2.04. The Morgan fingerprint density at radius 1 is 1.00 bits per heavy atom. The normalized spacial score (nSPS) is 9.33. The summed E-state index contributed by atoms with van der Waals surface area (Å²) >= 11 is 0. The van der Waals surface area contributed by atoms with Crippen molar-refractivity contribution in [2.45, 2.75) is 27.7 Å². The van der Waals surface area contributed by atoms with Gasteiger partial charge in [0.2, 0.25) is 0 Å². The predicted octanol–water partition coefficient (Wildman–Crippen LogP) is 3.98. The van der Waals surface area contributed by atoms with Gasteiger partial charge in [0.25, 0.3) is 0 Å². The number of rotatable bonds is 1. The summed E-state index contributed by atoms with van der Waals surface area (Å²) in [6.45, 7) is 7.99. The fraction of sp³-hybridized carbons (Fsp3) is 0.308. The standard InChI is InChI=1S/C11H11NO.C2H6/c1-8-3-5-10(6-4-8)11-7-12-13-9(11)2;1-2/h3-7H,1-2H3;1-2H3. The molecule has 0 spiro atoms. The molecular formula is C13H17NO. The highest BCUT2D eigenvalue weighted by atomic mass is 16.5. The predicted molar refractivity (Wildman–Crippen MR) is 62.8 cm³/mol. The summed E-state index contributed by atoms with van der Waals surface area (Å²) in [6, 6.07) is 8.33. The Bertz CT molecular complexity index is 401. The maximum atomic E-state index is 5.00. The zero-order valence-corrected chi connectivity index (χ0v) is 9.74. The van der Waals surface area contributed by atoms with Crippen LogP contribution in [0, 0.1) is 13.8 Å². The van der Waals surface area contributed by atoms with Gasteiger partial charge in [-0.25, -0.2) is 0 Å². The third-order valence-electron chi connectivity index (χ3n) is 2.11. The molecule has 0 aliphatic heterocycles. The summed E-state index contributed by atoms with van der Waals surface area (Å²) in [5, 5.41) is 3.75. The minimum Gasteiger partial charge on any atom is -0.361 e. The van der Waals surface area contributed by atoms with Crippen molar-refractivity contribution in [2.24, 2.45) is 0 Å². The van der Waals surface area contributed by atoms with Crippen molar-refractivity contribution in [3.05, 3.63) is 41.8 Å². The molecule has 1 aromatic carbocycles. The van der Waals surface area contributed by atoms with Crippen LogP contribution in [-0.2, 0) is 0 Å². The molecule has 0 fully saturated rings. The van der Waals surface area contributed by atoms with Crippen LogP contribution in [0.25, 0.3) is 11.1 Å². The molecule has 0 saturated carbocycles. The summed E-state index contributed by atoms with van der Waals surface area (Å²) in [5.74, 6) is 0.865. The monoisotopic (exact) mass is 203 g/mol. The molecule has 2 heteroatoms. The van der Waals surface area contributed by atoms with Crippen LogP contribution in [0.2, 0.25) is 0 Å². The SMILES string of the molecule is CC.Cc1ccc(-c2cnoc2C)cc1. The lowest BCUT2D eigenvalue weighted by Crippen LogP contribution is -1.77. The maximum absolute atomic E-state index is 5.00. The Kier molecular flexibility index (Phi) is 4.10. The largest absolute Gasteiger partial charge is 0.361 e. The fourth-order valence-corrected chi connectivity index (χ4v) is 1.31. The first-order chi connectivity index (χ1) is 7.27. The van der Waals surface area contributed by atoms with Crippen LogP contribution in [0.3, 0.4) is 0 Å². The van der Waals surface area contributed by atoms with Crippen LogP contribution in [0.4, 0.5) is 0 Å². The molecule has 0 unspecified atom stereocenters. The smallest absolute Gasteiger partial charge is 0.141 e. The van der Waals surface area contributed by atoms with E-state index < -0.39 is 0 Å². The van der Waals surface area contributed by atoms with Gasteiger partial charge in [0, 0.05) is 5.56 Å². The number of hydrogen-bond donors (Lipinski definition) is 0. The Labute approximate surface area is 90.9 Å². The molecule has 0 amide bonds. The molecule has 0 aliphatic carbocycles. The molecular weight excluding hydrogens is 186 g/mol. The second-order valence-electron chi connectivity index (χ2n) is 3.16. The lowest BCUT2D eigenvalue weighted by molar-refractivity contribution is 0.398. The zero-order chi connectivity index (χ0) is 11.3. The van der Waals surface area contributed by atoms with Crippen LogP contribution in [0.5, 0.6) is 0 Å². The molecule has 0 radical (unpaired) electrons. The molecule has 15 heavy (non-hydrogen) atoms. The van der Waals surface area contributed by atoms with Gasteiger partial charge in [-0.1, -0.05) is 48.8 Å². The van der Waals surface area contributed by atoms with Gasteiger partial charge in [-0.2, -0.15) is 0 Å². The third-order valence-corrected chi connectivity index (χ3v) is 2.11. The first kappa shape index (κ1) is 11.5. The Balaban J connectivity index is 0.000000531. The number of benzene rings is 1.